The number of nitrogens with zero attached hydrogens (tertiary/aromatic N) is 2. The number of ether oxygens (including phenoxy) is 1. The van der Waals surface area contributed by atoms with E-state index in [1.54, 1.807) is 29.2 Å². The molecule has 1 aromatic heterocycles. The van der Waals surface area contributed by atoms with E-state index in [4.69, 9.17) is 23.8 Å². The van der Waals surface area contributed by atoms with Gasteiger partial charge in [-0.1, -0.05) is 35.9 Å². The van der Waals surface area contributed by atoms with Crippen LogP contribution in [0.3, 0.4) is 0 Å². The lowest BCUT2D eigenvalue weighted by Crippen LogP contribution is -2.19. The van der Waals surface area contributed by atoms with Gasteiger partial charge < -0.3 is 15.4 Å². The summed E-state index contributed by atoms with van der Waals surface area (Å²) in [4.78, 5) is 0. The summed E-state index contributed by atoms with van der Waals surface area (Å²) in [5.74, 6) is 0.0131. The van der Waals surface area contributed by atoms with E-state index in [-0.39, 0.29) is 10.9 Å². The number of hydrogen-bond acceptors (Lipinski definition) is 3. The molecule has 0 atom stereocenters. The van der Waals surface area contributed by atoms with Crippen molar-refractivity contribution in [1.29, 1.82) is 0 Å². The van der Waals surface area contributed by atoms with Crippen LogP contribution in [0.1, 0.15) is 11.1 Å². The molecule has 0 aliphatic rings. The fraction of sp³-hybridized carbons (Fsp3) is 0.158. The maximum atomic E-state index is 12.6. The summed E-state index contributed by atoms with van der Waals surface area (Å²) in [6.45, 7) is -0.578. The number of hydrogen-bond donors (Lipinski definition) is 2. The zero-order chi connectivity index (χ0) is 20.1. The molecule has 0 saturated carbocycles. The summed E-state index contributed by atoms with van der Waals surface area (Å²) >= 11 is 11.4. The van der Waals surface area contributed by atoms with Gasteiger partial charge in [0.25, 0.3) is 0 Å². The van der Waals surface area contributed by atoms with Gasteiger partial charge in [-0.3, -0.25) is 4.68 Å². The van der Waals surface area contributed by atoms with Crippen LogP contribution in [0.25, 0.3) is 0 Å². The van der Waals surface area contributed by atoms with Crippen LogP contribution >= 0.6 is 23.8 Å². The predicted octanol–water partition coefficient (Wildman–Crippen LogP) is 5.30. The van der Waals surface area contributed by atoms with Gasteiger partial charge in [0.15, 0.2) is 5.11 Å². The summed E-state index contributed by atoms with van der Waals surface area (Å²) in [7, 11) is 0. The lowest BCUT2D eigenvalue weighted by atomic mass is 10.2. The van der Waals surface area contributed by atoms with E-state index in [2.05, 4.69) is 20.5 Å². The molecule has 9 heteroatoms. The van der Waals surface area contributed by atoms with Gasteiger partial charge in [-0.2, -0.15) is 13.9 Å². The normalized spacial score (nSPS) is 10.8. The average Bonchev–Trinajstić information content (AvgIpc) is 3.06. The van der Waals surface area contributed by atoms with E-state index in [0.717, 1.165) is 11.1 Å². The number of aryl methyl sites for hydroxylation is 1. The van der Waals surface area contributed by atoms with Gasteiger partial charge in [-0.25, -0.2) is 0 Å². The van der Waals surface area contributed by atoms with E-state index in [1.165, 1.54) is 6.07 Å². The molecule has 0 aliphatic heterocycles. The Balaban J connectivity index is 1.65. The fourth-order valence-electron chi connectivity index (χ4n) is 2.54. The molecule has 28 heavy (non-hydrogen) atoms. The van der Waals surface area contributed by atoms with Crippen LogP contribution < -0.4 is 15.4 Å². The number of benzene rings is 2. The molecule has 146 valence electrons. The third-order valence-corrected chi connectivity index (χ3v) is 4.35. The highest BCUT2D eigenvalue weighted by molar-refractivity contribution is 7.80. The van der Waals surface area contributed by atoms with Gasteiger partial charge >= 0.3 is 6.61 Å². The van der Waals surface area contributed by atoms with Crippen molar-refractivity contribution < 1.29 is 13.5 Å². The molecule has 5 nitrogen and oxygen atoms in total. The summed E-state index contributed by atoms with van der Waals surface area (Å²) < 4.78 is 31.4. The van der Waals surface area contributed by atoms with Crippen molar-refractivity contribution in [1.82, 2.24) is 9.78 Å². The smallest absolute Gasteiger partial charge is 0.387 e. The summed E-state index contributed by atoms with van der Waals surface area (Å²) in [5.41, 5.74) is 2.81. The Morgan fingerprint density at radius 1 is 1.25 bits per heavy atom. The van der Waals surface area contributed by atoms with Crippen LogP contribution in [0.15, 0.2) is 54.9 Å². The van der Waals surface area contributed by atoms with E-state index >= 15 is 0 Å². The summed E-state index contributed by atoms with van der Waals surface area (Å²) in [6.07, 6.45) is 3.38. The first-order chi connectivity index (χ1) is 13.4. The summed E-state index contributed by atoms with van der Waals surface area (Å²) in [6, 6.07) is 12.3. The zero-order valence-corrected chi connectivity index (χ0v) is 16.4. The Morgan fingerprint density at radius 3 is 2.79 bits per heavy atom. The first-order valence-corrected chi connectivity index (χ1v) is 9.08. The number of halogens is 3. The molecule has 0 saturated heterocycles. The second-order valence-electron chi connectivity index (χ2n) is 5.98. The average molecular weight is 423 g/mol. The molecule has 3 aromatic rings. The fourth-order valence-corrected chi connectivity index (χ4v) is 2.96. The highest BCUT2D eigenvalue weighted by Gasteiger charge is 2.12. The molecule has 0 unspecified atom stereocenters. The van der Waals surface area contributed by atoms with E-state index in [0.29, 0.717) is 22.9 Å². The van der Waals surface area contributed by atoms with Crippen LogP contribution in [-0.4, -0.2) is 21.5 Å². The monoisotopic (exact) mass is 422 g/mol. The molecule has 2 aromatic carbocycles. The third-order valence-electron chi connectivity index (χ3n) is 3.78. The molecule has 0 fully saturated rings. The van der Waals surface area contributed by atoms with E-state index in [9.17, 15) is 8.78 Å². The van der Waals surface area contributed by atoms with Crippen LogP contribution in [0.5, 0.6) is 5.75 Å². The van der Waals surface area contributed by atoms with Crippen LogP contribution in [0.2, 0.25) is 5.02 Å². The van der Waals surface area contributed by atoms with Crippen LogP contribution in [-0.2, 0) is 6.54 Å². The first kappa shape index (κ1) is 20.0. The molecule has 1 heterocycles. The third kappa shape index (κ3) is 5.40. The van der Waals surface area contributed by atoms with Crippen molar-refractivity contribution in [3.8, 4) is 5.75 Å². The molecular weight excluding hydrogens is 406 g/mol. The molecular formula is C19H17ClF2N4OS. The Bertz CT molecular complexity index is 980. The Labute approximate surface area is 171 Å². The Morgan fingerprint density at radius 2 is 2.04 bits per heavy atom. The highest BCUT2D eigenvalue weighted by atomic mass is 35.5. The minimum Gasteiger partial charge on any atom is -0.433 e. The molecule has 0 spiro atoms. The quantitative estimate of drug-likeness (QED) is 0.528. The van der Waals surface area contributed by atoms with Gasteiger partial charge in [0.2, 0.25) is 0 Å². The molecule has 0 aliphatic carbocycles. The predicted molar refractivity (Wildman–Crippen MR) is 110 cm³/mol. The molecule has 0 bridgehead atoms. The largest absolute Gasteiger partial charge is 0.433 e. The summed E-state index contributed by atoms with van der Waals surface area (Å²) in [5, 5.41) is 11.0. The number of rotatable bonds is 6. The van der Waals surface area contributed by atoms with Crippen LogP contribution in [0.4, 0.5) is 20.2 Å². The van der Waals surface area contributed by atoms with E-state index < -0.39 is 6.61 Å². The van der Waals surface area contributed by atoms with Crippen molar-refractivity contribution in [3.05, 3.63) is 71.0 Å². The molecule has 0 radical (unpaired) electrons. The maximum Gasteiger partial charge on any atom is 0.387 e. The van der Waals surface area contributed by atoms with E-state index in [1.807, 2.05) is 31.2 Å². The van der Waals surface area contributed by atoms with Gasteiger partial charge in [-0.05, 0) is 48.5 Å². The highest BCUT2D eigenvalue weighted by Crippen LogP contribution is 2.27. The second kappa shape index (κ2) is 8.99. The SMILES string of the molecule is Cc1ccc(OC(F)F)c(NC(=S)Nc2cnn(Cc3ccccc3Cl)c2)c1. The zero-order valence-electron chi connectivity index (χ0n) is 14.8. The number of anilines is 2. The Kier molecular flexibility index (Phi) is 6.43. The van der Waals surface area contributed by atoms with Gasteiger partial charge in [0, 0.05) is 11.2 Å². The van der Waals surface area contributed by atoms with Gasteiger partial charge in [0.05, 0.1) is 24.1 Å². The standard InChI is InChI=1S/C19H17ClF2N4OS/c1-12-6-7-17(27-18(21)22)16(8-12)25-19(28)24-14-9-23-26(11-14)10-13-4-2-3-5-15(13)20/h2-9,11,18H,10H2,1H3,(H2,24,25,28). The lowest BCUT2D eigenvalue weighted by Gasteiger charge is -2.14. The van der Waals surface area contributed by atoms with Crippen molar-refractivity contribution in [3.63, 3.8) is 0 Å². The van der Waals surface area contributed by atoms with Crippen molar-refractivity contribution in [2.75, 3.05) is 10.6 Å². The first-order valence-electron chi connectivity index (χ1n) is 8.30. The number of alkyl halides is 2. The lowest BCUT2D eigenvalue weighted by molar-refractivity contribution is -0.0493. The molecule has 2 N–H and O–H groups in total. The number of aromatic nitrogens is 2. The Hall–Kier alpha value is -2.71. The van der Waals surface area contributed by atoms with Crippen molar-refractivity contribution in [2.24, 2.45) is 0 Å². The molecule has 3 rings (SSSR count). The molecule has 0 amide bonds. The maximum absolute atomic E-state index is 12.6. The topological polar surface area (TPSA) is 51.1 Å². The van der Waals surface area contributed by atoms with Gasteiger partial charge in [-0.15, -0.1) is 0 Å². The minimum absolute atomic E-state index is 0.0131. The van der Waals surface area contributed by atoms with Gasteiger partial charge in [0.1, 0.15) is 5.75 Å². The minimum atomic E-state index is -2.92. The van der Waals surface area contributed by atoms with Crippen molar-refractivity contribution in [2.45, 2.75) is 20.1 Å². The van der Waals surface area contributed by atoms with Crippen LogP contribution in [0, 0.1) is 6.92 Å². The van der Waals surface area contributed by atoms with Crippen molar-refractivity contribution >= 4 is 40.3 Å². The number of nitrogens with one attached hydrogen (secondary N) is 2. The second-order valence-corrected chi connectivity index (χ2v) is 6.79. The number of thiocarbonyl (C=S) groups is 1.